The first-order valence-electron chi connectivity index (χ1n) is 8.43. The van der Waals surface area contributed by atoms with E-state index in [2.05, 4.69) is 57.7 Å². The minimum Gasteiger partial charge on any atom is -0.378 e. The molecular weight excluding hydrogens is 312 g/mol. The van der Waals surface area contributed by atoms with E-state index in [-0.39, 0.29) is 0 Å². The van der Waals surface area contributed by atoms with E-state index in [4.69, 9.17) is 0 Å². The Morgan fingerprint density at radius 1 is 1.44 bits per heavy atom. The van der Waals surface area contributed by atoms with E-state index in [0.29, 0.717) is 5.92 Å². The van der Waals surface area contributed by atoms with E-state index >= 15 is 0 Å². The second kappa shape index (κ2) is 8.00. The van der Waals surface area contributed by atoms with Gasteiger partial charge in [0, 0.05) is 35.3 Å². The van der Waals surface area contributed by atoms with Crippen LogP contribution in [0.3, 0.4) is 0 Å². The number of H-pyrrole nitrogens is 1. The topological polar surface area (TPSA) is 66.2 Å². The summed E-state index contributed by atoms with van der Waals surface area (Å²) in [5.74, 6) is 6.00. The van der Waals surface area contributed by atoms with Crippen LogP contribution in [0.1, 0.15) is 34.6 Å². The number of aromatic nitrogens is 3. The third kappa shape index (κ3) is 5.20. The molecule has 0 aliphatic heterocycles. The molecule has 0 unspecified atom stereocenters. The van der Waals surface area contributed by atoms with Crippen LogP contribution in [0.15, 0.2) is 23.6 Å². The van der Waals surface area contributed by atoms with Gasteiger partial charge in [0.05, 0.1) is 24.0 Å². The number of aliphatic hydroxyl groups is 1. The predicted octanol–water partition coefficient (Wildman–Crippen LogP) is 1.92. The number of hydrogen-bond acceptors (Lipinski definition) is 3. The first kappa shape index (κ1) is 18.8. The van der Waals surface area contributed by atoms with Crippen molar-refractivity contribution in [1.29, 1.82) is 0 Å². The molecule has 0 aliphatic carbocycles. The Hall–Kier alpha value is -2.58. The summed E-state index contributed by atoms with van der Waals surface area (Å²) >= 11 is 0. The van der Waals surface area contributed by atoms with Gasteiger partial charge in [0.25, 0.3) is 0 Å². The normalized spacial score (nSPS) is 13.7. The summed E-state index contributed by atoms with van der Waals surface area (Å²) in [6.45, 7) is 10.6. The first-order valence-corrected chi connectivity index (χ1v) is 8.43. The monoisotopic (exact) mass is 338 g/mol. The van der Waals surface area contributed by atoms with E-state index in [9.17, 15) is 5.11 Å². The van der Waals surface area contributed by atoms with E-state index in [1.165, 1.54) is 6.21 Å². The van der Waals surface area contributed by atoms with Crippen molar-refractivity contribution in [1.82, 2.24) is 14.8 Å². The maximum absolute atomic E-state index is 9.60. The highest BCUT2D eigenvalue weighted by atomic mass is 16.3. The molecule has 25 heavy (non-hydrogen) atoms. The van der Waals surface area contributed by atoms with E-state index in [1.807, 2.05) is 25.5 Å². The molecule has 5 nitrogen and oxygen atoms in total. The number of aromatic amines is 1. The van der Waals surface area contributed by atoms with Crippen LogP contribution in [0, 0.1) is 17.8 Å². The number of nitrogens with one attached hydrogen (secondary N) is 1. The average molecular weight is 338 g/mol. The molecule has 0 aromatic carbocycles. The van der Waals surface area contributed by atoms with Crippen LogP contribution in [0.4, 0.5) is 0 Å². The summed E-state index contributed by atoms with van der Waals surface area (Å²) in [5.41, 5.74) is 1.16. The molecule has 2 heterocycles. The van der Waals surface area contributed by atoms with Gasteiger partial charge in [-0.05, 0) is 26.7 Å². The lowest BCUT2D eigenvalue weighted by Crippen LogP contribution is -2.30. The molecule has 0 aliphatic rings. The lowest BCUT2D eigenvalue weighted by Gasteiger charge is -2.06. The number of hydrogen-bond donors (Lipinski definition) is 2. The van der Waals surface area contributed by atoms with Crippen LogP contribution in [-0.2, 0) is 6.54 Å². The van der Waals surface area contributed by atoms with Crippen LogP contribution < -0.4 is 10.6 Å². The van der Waals surface area contributed by atoms with Gasteiger partial charge in [0.2, 0.25) is 0 Å². The molecule has 2 rings (SSSR count). The van der Waals surface area contributed by atoms with Crippen molar-refractivity contribution < 1.29 is 5.11 Å². The molecule has 0 amide bonds. The van der Waals surface area contributed by atoms with Gasteiger partial charge in [0.1, 0.15) is 5.60 Å². The van der Waals surface area contributed by atoms with Gasteiger partial charge >= 0.3 is 0 Å². The third-order valence-corrected chi connectivity index (χ3v) is 3.53. The van der Waals surface area contributed by atoms with Crippen molar-refractivity contribution in [3.8, 4) is 23.0 Å². The Morgan fingerprint density at radius 2 is 2.20 bits per heavy atom. The van der Waals surface area contributed by atoms with Crippen LogP contribution in [0.2, 0.25) is 0 Å². The second-order valence-electron chi connectivity index (χ2n) is 6.90. The Kier molecular flexibility index (Phi) is 6.00. The van der Waals surface area contributed by atoms with E-state index < -0.39 is 5.60 Å². The van der Waals surface area contributed by atoms with Crippen LogP contribution in [-0.4, -0.2) is 31.7 Å². The molecule has 2 N–H and O–H groups in total. The molecule has 2 aromatic heterocycles. The standard InChI is InChI=1S/C20H26N4O/c1-6-17-18(16-10-22-23-11-16)14-24(13-15(2)3)19(17)12-21-9-7-8-20(4,5)25/h6,9-12,14-15,25H,13H2,1-5H3,(H,22,23)/b17-6-,19-12+,21-9+. The molecule has 0 spiro atoms. The van der Waals surface area contributed by atoms with Crippen LogP contribution in [0.25, 0.3) is 23.4 Å². The van der Waals surface area contributed by atoms with Gasteiger partial charge in [-0.1, -0.05) is 31.8 Å². The number of rotatable bonds is 4. The molecule has 5 heteroatoms. The predicted molar refractivity (Wildman–Crippen MR) is 103 cm³/mol. The van der Waals surface area contributed by atoms with Gasteiger partial charge in [-0.2, -0.15) is 5.10 Å². The fourth-order valence-corrected chi connectivity index (χ4v) is 2.56. The summed E-state index contributed by atoms with van der Waals surface area (Å²) in [5, 5.41) is 18.7. The summed E-state index contributed by atoms with van der Waals surface area (Å²) in [7, 11) is 0. The summed E-state index contributed by atoms with van der Waals surface area (Å²) in [6, 6.07) is 0. The van der Waals surface area contributed by atoms with Gasteiger partial charge < -0.3 is 9.67 Å². The molecule has 0 atom stereocenters. The summed E-state index contributed by atoms with van der Waals surface area (Å²) in [6.07, 6.45) is 11.3. The van der Waals surface area contributed by atoms with Crippen molar-refractivity contribution in [3.63, 3.8) is 0 Å². The maximum Gasteiger partial charge on any atom is 0.120 e. The Labute approximate surface area is 148 Å². The van der Waals surface area contributed by atoms with Gasteiger partial charge in [0.15, 0.2) is 0 Å². The van der Waals surface area contributed by atoms with Crippen molar-refractivity contribution in [2.45, 2.75) is 46.8 Å². The maximum atomic E-state index is 9.60. The van der Waals surface area contributed by atoms with Gasteiger partial charge in [-0.3, -0.25) is 10.1 Å². The summed E-state index contributed by atoms with van der Waals surface area (Å²) < 4.78 is 2.21. The quantitative estimate of drug-likeness (QED) is 0.661. The molecule has 0 bridgehead atoms. The van der Waals surface area contributed by atoms with Crippen LogP contribution >= 0.6 is 0 Å². The number of aliphatic imine (C=N–C) groups is 1. The average Bonchev–Trinajstić information content (AvgIpc) is 3.13. The lowest BCUT2D eigenvalue weighted by molar-refractivity contribution is 0.143. The minimum atomic E-state index is -1.01. The smallest absolute Gasteiger partial charge is 0.120 e. The van der Waals surface area contributed by atoms with Crippen molar-refractivity contribution in [2.75, 3.05) is 0 Å². The zero-order chi connectivity index (χ0) is 18.4. The lowest BCUT2D eigenvalue weighted by atomic mass is 10.1. The zero-order valence-electron chi connectivity index (χ0n) is 15.5. The van der Waals surface area contributed by atoms with Crippen LogP contribution in [0.5, 0.6) is 0 Å². The third-order valence-electron chi connectivity index (χ3n) is 3.53. The zero-order valence-corrected chi connectivity index (χ0v) is 15.5. The fraction of sp³-hybridized carbons (Fsp3) is 0.400. The highest BCUT2D eigenvalue weighted by Crippen LogP contribution is 2.12. The molecule has 0 fully saturated rings. The largest absolute Gasteiger partial charge is 0.378 e. The Balaban J connectivity index is 2.52. The molecule has 2 aromatic rings. The molecule has 0 radical (unpaired) electrons. The second-order valence-corrected chi connectivity index (χ2v) is 6.90. The van der Waals surface area contributed by atoms with Gasteiger partial charge in [-0.25, -0.2) is 0 Å². The number of nitrogens with zero attached hydrogens (tertiary/aromatic N) is 3. The van der Waals surface area contributed by atoms with Crippen molar-refractivity contribution in [3.05, 3.63) is 29.2 Å². The molecule has 0 saturated carbocycles. The van der Waals surface area contributed by atoms with Gasteiger partial charge in [-0.15, -0.1) is 0 Å². The van der Waals surface area contributed by atoms with E-state index in [0.717, 1.165) is 28.2 Å². The first-order chi connectivity index (χ1) is 11.8. The Bertz CT molecular complexity index is 898. The van der Waals surface area contributed by atoms with Crippen molar-refractivity contribution >= 4 is 18.5 Å². The fourth-order valence-electron chi connectivity index (χ4n) is 2.56. The van der Waals surface area contributed by atoms with E-state index in [1.54, 1.807) is 13.8 Å². The minimum absolute atomic E-state index is 0.514. The molecule has 0 saturated heterocycles. The highest BCUT2D eigenvalue weighted by Gasteiger charge is 2.09. The Morgan fingerprint density at radius 3 is 2.76 bits per heavy atom. The summed E-state index contributed by atoms with van der Waals surface area (Å²) in [4.78, 5) is 4.32. The van der Waals surface area contributed by atoms with Crippen molar-refractivity contribution in [2.24, 2.45) is 10.9 Å². The SMILES string of the molecule is C/C=c1/c(-c2cn[nH]c2)cn(CC(C)C)/c1=C/N=C/C#CC(C)(C)O. The molecular formula is C20H26N4O. The molecule has 132 valence electrons. The highest BCUT2D eigenvalue weighted by molar-refractivity contribution is 5.80.